The van der Waals surface area contributed by atoms with Gasteiger partial charge in [0.05, 0.1) is 12.7 Å². The van der Waals surface area contributed by atoms with Crippen LogP contribution in [0.3, 0.4) is 0 Å². The van der Waals surface area contributed by atoms with E-state index in [1.54, 1.807) is 0 Å². The number of esters is 1. The zero-order chi connectivity index (χ0) is 22.5. The molecule has 2 rings (SSSR count). The second-order valence-electron chi connectivity index (χ2n) is 8.59. The molecule has 0 heterocycles. The SMILES string of the molecule is CCCCCC(O)c1ccc([C@H]2CC[C@@H](F)C2C/C=C\CCCC(=O)OCCO)cc1. The summed E-state index contributed by atoms with van der Waals surface area (Å²) in [5, 5.41) is 19.0. The first-order valence-electron chi connectivity index (χ1n) is 11.9. The Kier molecular flexibility index (Phi) is 11.8. The third-order valence-corrected chi connectivity index (χ3v) is 6.25. The first-order chi connectivity index (χ1) is 15.1. The van der Waals surface area contributed by atoms with E-state index in [0.29, 0.717) is 25.7 Å². The van der Waals surface area contributed by atoms with E-state index >= 15 is 0 Å². The second kappa shape index (κ2) is 14.4. The van der Waals surface area contributed by atoms with E-state index in [1.807, 2.05) is 24.3 Å². The molecule has 1 aliphatic rings. The quantitative estimate of drug-likeness (QED) is 0.221. The lowest BCUT2D eigenvalue weighted by Gasteiger charge is -2.21. The number of aliphatic hydroxyl groups excluding tert-OH is 2. The molecular formula is C26H39FO4. The molecule has 1 aromatic rings. The first-order valence-corrected chi connectivity index (χ1v) is 11.9. The third-order valence-electron chi connectivity index (χ3n) is 6.25. The van der Waals surface area contributed by atoms with E-state index in [4.69, 9.17) is 9.84 Å². The lowest BCUT2D eigenvalue weighted by molar-refractivity contribution is -0.144. The average molecular weight is 435 g/mol. The molecule has 0 saturated heterocycles. The van der Waals surface area contributed by atoms with Gasteiger partial charge in [-0.05, 0) is 55.6 Å². The highest BCUT2D eigenvalue weighted by Crippen LogP contribution is 2.43. The van der Waals surface area contributed by atoms with E-state index in [0.717, 1.165) is 49.7 Å². The maximum absolute atomic E-state index is 14.5. The Morgan fingerprint density at radius 2 is 1.97 bits per heavy atom. The van der Waals surface area contributed by atoms with Gasteiger partial charge in [-0.2, -0.15) is 0 Å². The summed E-state index contributed by atoms with van der Waals surface area (Å²) >= 11 is 0. The molecule has 0 amide bonds. The highest BCUT2D eigenvalue weighted by atomic mass is 19.1. The minimum atomic E-state index is -0.789. The van der Waals surface area contributed by atoms with Crippen molar-refractivity contribution in [1.82, 2.24) is 0 Å². The predicted molar refractivity (Wildman–Crippen MR) is 122 cm³/mol. The fourth-order valence-electron chi connectivity index (χ4n) is 4.43. The van der Waals surface area contributed by atoms with Crippen LogP contribution in [0.15, 0.2) is 36.4 Å². The van der Waals surface area contributed by atoms with E-state index in [1.165, 1.54) is 0 Å². The minimum absolute atomic E-state index is 0.0221. The number of carbonyl (C=O) groups is 1. The van der Waals surface area contributed by atoms with Gasteiger partial charge in [-0.15, -0.1) is 0 Å². The van der Waals surface area contributed by atoms with Crippen LogP contribution in [0.4, 0.5) is 4.39 Å². The van der Waals surface area contributed by atoms with Gasteiger partial charge in [-0.1, -0.05) is 62.6 Å². The molecule has 5 heteroatoms. The highest BCUT2D eigenvalue weighted by Gasteiger charge is 2.36. The molecule has 0 aromatic heterocycles. The van der Waals surface area contributed by atoms with Crippen molar-refractivity contribution in [3.63, 3.8) is 0 Å². The summed E-state index contributed by atoms with van der Waals surface area (Å²) in [5.41, 5.74) is 2.11. The number of aliphatic hydroxyl groups is 2. The molecule has 4 atom stereocenters. The molecular weight excluding hydrogens is 395 g/mol. The molecule has 2 unspecified atom stereocenters. The Morgan fingerprint density at radius 1 is 1.19 bits per heavy atom. The van der Waals surface area contributed by atoms with Gasteiger partial charge in [0.2, 0.25) is 0 Å². The van der Waals surface area contributed by atoms with E-state index in [2.05, 4.69) is 19.1 Å². The van der Waals surface area contributed by atoms with Crippen LogP contribution >= 0.6 is 0 Å². The van der Waals surface area contributed by atoms with Crippen molar-refractivity contribution in [3.05, 3.63) is 47.5 Å². The summed E-state index contributed by atoms with van der Waals surface area (Å²) in [5.74, 6) is -0.105. The number of benzene rings is 1. The van der Waals surface area contributed by atoms with Crippen LogP contribution in [0.25, 0.3) is 0 Å². The first kappa shape index (κ1) is 25.5. The topological polar surface area (TPSA) is 66.8 Å². The number of hydrogen-bond donors (Lipinski definition) is 2. The van der Waals surface area contributed by atoms with Crippen molar-refractivity contribution in [2.24, 2.45) is 5.92 Å². The predicted octanol–water partition coefficient (Wildman–Crippen LogP) is 5.78. The number of allylic oxidation sites excluding steroid dienone is 2. The molecule has 0 spiro atoms. The number of carbonyl (C=O) groups excluding carboxylic acids is 1. The maximum atomic E-state index is 14.5. The Labute approximate surface area is 186 Å². The van der Waals surface area contributed by atoms with Gasteiger partial charge in [-0.25, -0.2) is 4.39 Å². The molecule has 1 saturated carbocycles. The number of unbranched alkanes of at least 4 members (excludes halogenated alkanes) is 3. The van der Waals surface area contributed by atoms with Gasteiger partial charge in [0.25, 0.3) is 0 Å². The fraction of sp³-hybridized carbons (Fsp3) is 0.654. The van der Waals surface area contributed by atoms with Crippen molar-refractivity contribution >= 4 is 5.97 Å². The summed E-state index contributed by atoms with van der Waals surface area (Å²) in [4.78, 5) is 11.4. The fourth-order valence-corrected chi connectivity index (χ4v) is 4.43. The van der Waals surface area contributed by atoms with Crippen molar-refractivity contribution < 1.29 is 24.1 Å². The van der Waals surface area contributed by atoms with Crippen LogP contribution in [0, 0.1) is 5.92 Å². The highest BCUT2D eigenvalue weighted by molar-refractivity contribution is 5.69. The van der Waals surface area contributed by atoms with Crippen LogP contribution in [0.2, 0.25) is 0 Å². The zero-order valence-corrected chi connectivity index (χ0v) is 18.8. The van der Waals surface area contributed by atoms with Crippen molar-refractivity contribution in [2.45, 2.75) is 89.3 Å². The smallest absolute Gasteiger partial charge is 0.305 e. The summed E-state index contributed by atoms with van der Waals surface area (Å²) < 4.78 is 19.4. The summed E-state index contributed by atoms with van der Waals surface area (Å²) in [6.45, 7) is 2.05. The van der Waals surface area contributed by atoms with Crippen LogP contribution < -0.4 is 0 Å². The normalized spacial score (nSPS) is 22.1. The van der Waals surface area contributed by atoms with Gasteiger partial charge in [0, 0.05) is 12.3 Å². The van der Waals surface area contributed by atoms with Crippen molar-refractivity contribution in [3.8, 4) is 0 Å². The van der Waals surface area contributed by atoms with Crippen molar-refractivity contribution in [1.29, 1.82) is 0 Å². The van der Waals surface area contributed by atoms with Crippen LogP contribution in [-0.2, 0) is 9.53 Å². The van der Waals surface area contributed by atoms with E-state index in [-0.39, 0.29) is 31.0 Å². The van der Waals surface area contributed by atoms with Crippen LogP contribution in [-0.4, -0.2) is 35.6 Å². The van der Waals surface area contributed by atoms with Crippen LogP contribution in [0.5, 0.6) is 0 Å². The molecule has 0 bridgehead atoms. The van der Waals surface area contributed by atoms with Gasteiger partial charge in [0.15, 0.2) is 0 Å². The van der Waals surface area contributed by atoms with Gasteiger partial charge < -0.3 is 14.9 Å². The van der Waals surface area contributed by atoms with Gasteiger partial charge >= 0.3 is 5.97 Å². The molecule has 31 heavy (non-hydrogen) atoms. The molecule has 1 fully saturated rings. The van der Waals surface area contributed by atoms with Gasteiger partial charge in [-0.3, -0.25) is 4.79 Å². The van der Waals surface area contributed by atoms with Crippen molar-refractivity contribution in [2.75, 3.05) is 13.2 Å². The molecule has 0 aliphatic heterocycles. The number of hydrogen-bond acceptors (Lipinski definition) is 4. The Hall–Kier alpha value is -1.72. The summed E-state index contributed by atoms with van der Waals surface area (Å²) in [6.07, 6.45) is 10.9. The Balaban J connectivity index is 1.81. The molecule has 2 N–H and O–H groups in total. The van der Waals surface area contributed by atoms with Crippen LogP contribution in [0.1, 0.15) is 94.3 Å². The molecule has 1 aliphatic carbocycles. The molecule has 4 nitrogen and oxygen atoms in total. The second-order valence-corrected chi connectivity index (χ2v) is 8.59. The molecule has 0 radical (unpaired) electrons. The molecule has 174 valence electrons. The Morgan fingerprint density at radius 3 is 2.68 bits per heavy atom. The van der Waals surface area contributed by atoms with E-state index in [9.17, 15) is 14.3 Å². The third kappa shape index (κ3) is 8.74. The zero-order valence-electron chi connectivity index (χ0n) is 18.8. The Bertz CT molecular complexity index is 658. The summed E-state index contributed by atoms with van der Waals surface area (Å²) in [6, 6.07) is 8.13. The van der Waals surface area contributed by atoms with E-state index < -0.39 is 12.3 Å². The molecule has 1 aromatic carbocycles. The number of alkyl halides is 1. The standard InChI is InChI=1S/C26H39FO4/c1-2-3-6-10-25(29)21-14-12-20(13-15-21)22-16-17-24(27)23(22)9-7-4-5-8-11-26(30)31-19-18-28/h4,7,12-15,22-25,28-29H,2-3,5-6,8-11,16-19H2,1H3/b7-4-/t22-,23?,24-,25?/m1/s1. The van der Waals surface area contributed by atoms with Gasteiger partial charge in [0.1, 0.15) is 12.8 Å². The number of ether oxygens (including phenoxy) is 1. The maximum Gasteiger partial charge on any atom is 0.305 e. The average Bonchev–Trinajstić information content (AvgIpc) is 3.15. The number of halogens is 1. The summed E-state index contributed by atoms with van der Waals surface area (Å²) in [7, 11) is 0. The monoisotopic (exact) mass is 434 g/mol. The lowest BCUT2D eigenvalue weighted by Crippen LogP contribution is -2.14. The lowest BCUT2D eigenvalue weighted by atomic mass is 9.85. The number of rotatable bonds is 14. The largest absolute Gasteiger partial charge is 0.463 e. The minimum Gasteiger partial charge on any atom is -0.463 e.